The molecule has 0 radical (unpaired) electrons. The van der Waals surface area contributed by atoms with Crippen LogP contribution in [0.15, 0.2) is 170 Å². The number of para-hydroxylation sites is 1. The summed E-state index contributed by atoms with van der Waals surface area (Å²) in [6.07, 6.45) is 0. The lowest BCUT2D eigenvalue weighted by atomic mass is 9.80. The first-order valence-electron chi connectivity index (χ1n) is 18.3. The summed E-state index contributed by atoms with van der Waals surface area (Å²) in [5, 5.41) is 5.13. The van der Waals surface area contributed by atoms with Gasteiger partial charge in [-0.15, -0.1) is 11.3 Å². The van der Waals surface area contributed by atoms with Crippen molar-refractivity contribution in [2.75, 3.05) is 0 Å². The molecule has 0 amide bonds. The van der Waals surface area contributed by atoms with Crippen LogP contribution in [0.1, 0.15) is 25.0 Å². The van der Waals surface area contributed by atoms with Gasteiger partial charge in [0, 0.05) is 41.9 Å². The zero-order chi connectivity index (χ0) is 35.3. The van der Waals surface area contributed by atoms with Gasteiger partial charge in [0.1, 0.15) is 5.82 Å². The van der Waals surface area contributed by atoms with E-state index in [1.54, 1.807) is 0 Å². The molecule has 0 atom stereocenters. The number of benzene rings is 7. The molecule has 3 heterocycles. The van der Waals surface area contributed by atoms with Gasteiger partial charge in [-0.05, 0) is 80.9 Å². The Hall–Kier alpha value is -6.29. The number of nitrogens with zero attached hydrogens (tertiary/aromatic N) is 2. The predicted molar refractivity (Wildman–Crippen MR) is 225 cm³/mol. The molecule has 0 aliphatic heterocycles. The highest BCUT2D eigenvalue weighted by molar-refractivity contribution is 7.26. The largest absolute Gasteiger partial charge is 0.294 e. The van der Waals surface area contributed by atoms with Crippen molar-refractivity contribution in [1.82, 2.24) is 9.55 Å². The molecule has 10 aromatic rings. The number of aromatic nitrogens is 2. The molecule has 250 valence electrons. The van der Waals surface area contributed by atoms with Crippen LogP contribution >= 0.6 is 11.3 Å². The van der Waals surface area contributed by atoms with Crippen LogP contribution in [0.5, 0.6) is 0 Å². The number of hydrogen-bond acceptors (Lipinski definition) is 2. The highest BCUT2D eigenvalue weighted by atomic mass is 32.1. The first-order chi connectivity index (χ1) is 26.0. The molecule has 0 N–H and O–H groups in total. The van der Waals surface area contributed by atoms with E-state index < -0.39 is 0 Å². The van der Waals surface area contributed by atoms with Crippen LogP contribution in [0.2, 0.25) is 0 Å². The molecule has 7 aromatic carbocycles. The van der Waals surface area contributed by atoms with Gasteiger partial charge in [0.25, 0.3) is 0 Å². The van der Waals surface area contributed by atoms with Crippen molar-refractivity contribution in [2.24, 2.45) is 0 Å². The molecule has 3 aromatic heterocycles. The summed E-state index contributed by atoms with van der Waals surface area (Å²) in [5.41, 5.74) is 14.5. The second-order valence-electron chi connectivity index (χ2n) is 14.7. The first kappa shape index (κ1) is 30.3. The maximum Gasteiger partial charge on any atom is 0.138 e. The summed E-state index contributed by atoms with van der Waals surface area (Å²) in [5.74, 6) is 0.917. The van der Waals surface area contributed by atoms with Gasteiger partial charge in [-0.1, -0.05) is 147 Å². The fraction of sp³-hybridized carbons (Fsp3) is 0.0600. The van der Waals surface area contributed by atoms with Gasteiger partial charge in [0.2, 0.25) is 0 Å². The number of thiophene rings is 1. The number of pyridine rings is 1. The molecule has 53 heavy (non-hydrogen) atoms. The Bertz CT molecular complexity index is 3090. The molecule has 11 rings (SSSR count). The van der Waals surface area contributed by atoms with E-state index in [0.717, 1.165) is 33.7 Å². The van der Waals surface area contributed by atoms with Gasteiger partial charge < -0.3 is 0 Å². The molecule has 0 unspecified atom stereocenters. The molecule has 0 saturated carbocycles. The monoisotopic (exact) mass is 694 g/mol. The van der Waals surface area contributed by atoms with Gasteiger partial charge in [0.15, 0.2) is 0 Å². The Morgan fingerprint density at radius 3 is 2.06 bits per heavy atom. The minimum atomic E-state index is -0.143. The van der Waals surface area contributed by atoms with Crippen molar-refractivity contribution >= 4 is 53.3 Å². The third-order valence-electron chi connectivity index (χ3n) is 11.4. The maximum absolute atomic E-state index is 5.61. The minimum absolute atomic E-state index is 0.143. The van der Waals surface area contributed by atoms with Crippen LogP contribution in [0, 0.1) is 0 Å². The van der Waals surface area contributed by atoms with Crippen molar-refractivity contribution in [3.05, 3.63) is 181 Å². The topological polar surface area (TPSA) is 17.8 Å². The predicted octanol–water partition coefficient (Wildman–Crippen LogP) is 13.9. The Morgan fingerprint density at radius 1 is 0.491 bits per heavy atom. The molecular weight excluding hydrogens is 661 g/mol. The second-order valence-corrected chi connectivity index (χ2v) is 15.8. The molecule has 0 fully saturated rings. The average molecular weight is 695 g/mol. The van der Waals surface area contributed by atoms with Gasteiger partial charge >= 0.3 is 0 Å². The van der Waals surface area contributed by atoms with Crippen molar-refractivity contribution in [2.45, 2.75) is 19.3 Å². The Labute approximate surface area is 312 Å². The molecule has 0 spiro atoms. The van der Waals surface area contributed by atoms with E-state index in [1.807, 2.05) is 11.3 Å². The Morgan fingerprint density at radius 2 is 1.17 bits per heavy atom. The fourth-order valence-corrected chi connectivity index (χ4v) is 10.2. The number of fused-ring (bicyclic) bond motifs is 10. The molecule has 0 bridgehead atoms. The van der Waals surface area contributed by atoms with Gasteiger partial charge in [-0.2, -0.15) is 0 Å². The highest BCUT2D eigenvalue weighted by Gasteiger charge is 2.38. The summed E-state index contributed by atoms with van der Waals surface area (Å²) in [4.78, 5) is 5.61. The standard InChI is InChI=1S/C50H34N2S/c1-50(2)41-23-9-6-18-35(41)37-26-27-44-47(48(37)50)40-20-7-10-24-43(40)52(44)46-30-34(33-17-12-16-32(28-33)31-14-4-3-5-15-31)29-42(51-46)39-22-13-21-38-36-19-8-11-25-45(36)53-49(38)39/h3-30H,1-2H3. The van der Waals surface area contributed by atoms with E-state index in [0.29, 0.717) is 0 Å². The van der Waals surface area contributed by atoms with Crippen molar-refractivity contribution in [3.8, 4) is 50.5 Å². The van der Waals surface area contributed by atoms with Crippen molar-refractivity contribution in [1.29, 1.82) is 0 Å². The molecule has 3 heteroatoms. The number of rotatable bonds is 4. The van der Waals surface area contributed by atoms with E-state index in [9.17, 15) is 0 Å². The van der Waals surface area contributed by atoms with Crippen molar-refractivity contribution < 1.29 is 0 Å². The summed E-state index contributed by atoms with van der Waals surface area (Å²) in [6, 6.07) is 62.0. The Kier molecular flexibility index (Phi) is 6.50. The average Bonchev–Trinajstić information content (AvgIpc) is 3.84. The van der Waals surface area contributed by atoms with E-state index >= 15 is 0 Å². The minimum Gasteiger partial charge on any atom is -0.294 e. The SMILES string of the molecule is CC1(C)c2ccccc2-c2ccc3c(c21)c1ccccc1n3-c1cc(-c2cccc(-c3ccccc3)c2)cc(-c2cccc3c2sc2ccccc23)n1. The van der Waals surface area contributed by atoms with E-state index in [4.69, 9.17) is 4.98 Å². The van der Waals surface area contributed by atoms with Crippen molar-refractivity contribution in [3.63, 3.8) is 0 Å². The Balaban J connectivity index is 1.21. The van der Waals surface area contributed by atoms with Crippen LogP contribution < -0.4 is 0 Å². The maximum atomic E-state index is 5.61. The van der Waals surface area contributed by atoms with E-state index in [-0.39, 0.29) is 5.41 Å². The summed E-state index contributed by atoms with van der Waals surface area (Å²) in [6.45, 7) is 4.76. The van der Waals surface area contributed by atoms with Gasteiger partial charge in [-0.3, -0.25) is 4.57 Å². The third-order valence-corrected chi connectivity index (χ3v) is 12.6. The summed E-state index contributed by atoms with van der Waals surface area (Å²) >= 11 is 1.85. The van der Waals surface area contributed by atoms with Crippen LogP contribution in [0.25, 0.3) is 92.4 Å². The van der Waals surface area contributed by atoms with Crippen LogP contribution in [-0.2, 0) is 5.41 Å². The van der Waals surface area contributed by atoms with E-state index in [2.05, 4.69) is 188 Å². The fourth-order valence-electron chi connectivity index (χ4n) is 8.97. The summed E-state index contributed by atoms with van der Waals surface area (Å²) in [7, 11) is 0. The van der Waals surface area contributed by atoms with Crippen LogP contribution in [-0.4, -0.2) is 9.55 Å². The zero-order valence-corrected chi connectivity index (χ0v) is 30.3. The number of hydrogen-bond donors (Lipinski definition) is 0. The highest BCUT2D eigenvalue weighted by Crippen LogP contribution is 2.53. The molecule has 1 aliphatic rings. The second kappa shape index (κ2) is 11.4. The normalized spacial score (nSPS) is 13.2. The smallest absolute Gasteiger partial charge is 0.138 e. The zero-order valence-electron chi connectivity index (χ0n) is 29.5. The molecule has 0 saturated heterocycles. The lowest BCUT2D eigenvalue weighted by Gasteiger charge is -2.22. The summed E-state index contributed by atoms with van der Waals surface area (Å²) < 4.78 is 4.96. The lowest BCUT2D eigenvalue weighted by molar-refractivity contribution is 0.666. The molecule has 2 nitrogen and oxygen atoms in total. The van der Waals surface area contributed by atoms with Crippen LogP contribution in [0.3, 0.4) is 0 Å². The lowest BCUT2D eigenvalue weighted by Crippen LogP contribution is -2.15. The van der Waals surface area contributed by atoms with Gasteiger partial charge in [0.05, 0.1) is 16.7 Å². The van der Waals surface area contributed by atoms with Gasteiger partial charge in [-0.25, -0.2) is 4.98 Å². The molecule has 1 aliphatic carbocycles. The third kappa shape index (κ3) is 4.47. The quantitative estimate of drug-likeness (QED) is 0.179. The van der Waals surface area contributed by atoms with E-state index in [1.165, 1.54) is 69.8 Å². The van der Waals surface area contributed by atoms with Crippen LogP contribution in [0.4, 0.5) is 0 Å². The first-order valence-corrected chi connectivity index (χ1v) is 19.1. The molecular formula is C50H34N2S.